The minimum atomic E-state index is -0.833. The maximum absolute atomic E-state index is 8.96. The summed E-state index contributed by atoms with van der Waals surface area (Å²) >= 11 is 0. The van der Waals surface area contributed by atoms with E-state index in [9.17, 15) is 0 Å². The largest absolute Gasteiger partial charge is 0.379 e. The van der Waals surface area contributed by atoms with Crippen molar-refractivity contribution in [3.63, 3.8) is 0 Å². The van der Waals surface area contributed by atoms with Gasteiger partial charge >= 0.3 is 0 Å². The third-order valence-electron chi connectivity index (χ3n) is 4.96. The number of rotatable bonds is 14. The highest BCUT2D eigenvalue weighted by Gasteiger charge is 2.20. The quantitative estimate of drug-likeness (QED) is 0.289. The van der Waals surface area contributed by atoms with Gasteiger partial charge in [0.25, 0.3) is 0 Å². The fourth-order valence-electron chi connectivity index (χ4n) is 3.40. The molecule has 4 heteroatoms. The molecule has 0 saturated heterocycles. The molecule has 0 heterocycles. The summed E-state index contributed by atoms with van der Waals surface area (Å²) in [6.45, 7) is 6.74. The van der Waals surface area contributed by atoms with Gasteiger partial charge in [-0.3, -0.25) is 0 Å². The Morgan fingerprint density at radius 3 is 1.39 bits per heavy atom. The molecule has 1 rings (SSSR count). The summed E-state index contributed by atoms with van der Waals surface area (Å²) in [7, 11) is 0. The van der Waals surface area contributed by atoms with E-state index in [1.165, 1.54) is 102 Å². The Hall–Kier alpha value is -0.940. The molecular formula is C24H45NO3. The zero-order valence-corrected chi connectivity index (χ0v) is 18.7. The number of hydrogen-bond donors (Lipinski definition) is 3. The predicted octanol–water partition coefficient (Wildman–Crippen LogP) is 5.45. The molecule has 0 fully saturated rings. The second-order valence-electron chi connectivity index (χ2n) is 7.76. The molecule has 164 valence electrons. The molecular weight excluding hydrogens is 350 g/mol. The molecule has 0 aromatic heterocycles. The minimum absolute atomic E-state index is 0.833. The van der Waals surface area contributed by atoms with E-state index in [0.717, 1.165) is 0 Å². The zero-order valence-electron chi connectivity index (χ0n) is 18.7. The van der Waals surface area contributed by atoms with Crippen molar-refractivity contribution in [3.05, 3.63) is 35.9 Å². The number of benzene rings is 1. The van der Waals surface area contributed by atoms with Crippen LogP contribution in [0.15, 0.2) is 30.3 Å². The highest BCUT2D eigenvalue weighted by molar-refractivity contribution is 5.14. The summed E-state index contributed by atoms with van der Waals surface area (Å²) in [6.07, 6.45) is 13.0. The summed E-state index contributed by atoms with van der Waals surface area (Å²) in [6, 6.07) is 10.9. The molecule has 3 N–H and O–H groups in total. The van der Waals surface area contributed by atoms with Gasteiger partial charge < -0.3 is 15.3 Å². The first-order chi connectivity index (χ1) is 13.4. The number of unbranched alkanes of at least 4 members (excludes halogenated alkanes) is 9. The van der Waals surface area contributed by atoms with Crippen molar-refractivity contribution in [1.82, 2.24) is 4.90 Å². The molecule has 0 aliphatic carbocycles. The van der Waals surface area contributed by atoms with Crippen molar-refractivity contribution >= 4 is 0 Å². The molecule has 0 radical (unpaired) electrons. The van der Waals surface area contributed by atoms with E-state index < -0.39 is 18.7 Å². The number of hydrogen-bond acceptors (Lipinski definition) is 4. The van der Waals surface area contributed by atoms with Crippen LogP contribution in [0.25, 0.3) is 0 Å². The Bertz CT molecular complexity index is 416. The molecule has 0 aliphatic heterocycles. The first kappa shape index (κ1) is 27.1. The molecule has 0 bridgehead atoms. The van der Waals surface area contributed by atoms with Gasteiger partial charge in [-0.1, -0.05) is 95.0 Å². The standard InChI is InChI=1S/C18H30.C6H15NO3/c1-2-3-4-5-6-7-8-9-10-12-15-18-16-13-11-14-17-18;1-4(8)7(5(2)9)6(3)10/h11,13-14,16-17H,2-10,12,15H2,1H3;4-6,8-10H,1-3H3. The summed E-state index contributed by atoms with van der Waals surface area (Å²) in [5, 5.41) is 26.9. The molecule has 3 unspecified atom stereocenters. The molecule has 0 spiro atoms. The zero-order chi connectivity index (χ0) is 21.2. The van der Waals surface area contributed by atoms with Crippen LogP contribution in [-0.4, -0.2) is 38.9 Å². The second-order valence-corrected chi connectivity index (χ2v) is 7.76. The molecule has 1 aromatic rings. The average Bonchev–Trinajstić information content (AvgIpc) is 2.63. The normalized spacial score (nSPS) is 14.3. The lowest BCUT2D eigenvalue weighted by atomic mass is 10.0. The lowest BCUT2D eigenvalue weighted by Crippen LogP contribution is -2.45. The smallest absolute Gasteiger partial charge is 0.108 e. The predicted molar refractivity (Wildman–Crippen MR) is 119 cm³/mol. The summed E-state index contributed by atoms with van der Waals surface area (Å²) in [4.78, 5) is 1.17. The molecule has 3 atom stereocenters. The average molecular weight is 396 g/mol. The van der Waals surface area contributed by atoms with Gasteiger partial charge in [0, 0.05) is 0 Å². The van der Waals surface area contributed by atoms with Crippen LogP contribution in [0.5, 0.6) is 0 Å². The van der Waals surface area contributed by atoms with Crippen LogP contribution in [0.2, 0.25) is 0 Å². The number of nitrogens with zero attached hydrogens (tertiary/aromatic N) is 1. The summed E-state index contributed by atoms with van der Waals surface area (Å²) < 4.78 is 0. The van der Waals surface area contributed by atoms with Gasteiger partial charge in [0.05, 0.1) is 0 Å². The lowest BCUT2D eigenvalue weighted by Gasteiger charge is -2.30. The Morgan fingerprint density at radius 1 is 0.643 bits per heavy atom. The second kappa shape index (κ2) is 18.1. The molecule has 0 amide bonds. The summed E-state index contributed by atoms with van der Waals surface area (Å²) in [5.41, 5.74) is 1.50. The van der Waals surface area contributed by atoms with Crippen molar-refractivity contribution in [1.29, 1.82) is 0 Å². The van der Waals surface area contributed by atoms with Gasteiger partial charge in [-0.2, -0.15) is 0 Å². The Morgan fingerprint density at radius 2 is 1.04 bits per heavy atom. The van der Waals surface area contributed by atoms with Gasteiger partial charge in [0.2, 0.25) is 0 Å². The first-order valence-corrected chi connectivity index (χ1v) is 11.3. The van der Waals surface area contributed by atoms with E-state index in [1.807, 2.05) is 0 Å². The van der Waals surface area contributed by atoms with Crippen molar-refractivity contribution in [2.24, 2.45) is 0 Å². The van der Waals surface area contributed by atoms with Crippen molar-refractivity contribution in [3.8, 4) is 0 Å². The minimum Gasteiger partial charge on any atom is -0.379 e. The third kappa shape index (κ3) is 15.0. The maximum atomic E-state index is 8.96. The van der Waals surface area contributed by atoms with Crippen molar-refractivity contribution in [2.75, 3.05) is 0 Å². The van der Waals surface area contributed by atoms with Gasteiger partial charge in [0.15, 0.2) is 0 Å². The van der Waals surface area contributed by atoms with Crippen LogP contribution in [-0.2, 0) is 6.42 Å². The van der Waals surface area contributed by atoms with Gasteiger partial charge in [-0.05, 0) is 39.2 Å². The van der Waals surface area contributed by atoms with E-state index >= 15 is 0 Å². The Balaban J connectivity index is 0.000000621. The highest BCUT2D eigenvalue weighted by atomic mass is 16.4. The number of aryl methyl sites for hydroxylation is 1. The SMILES string of the molecule is CC(O)N(C(C)O)C(C)O.CCCCCCCCCCCCc1ccccc1. The van der Waals surface area contributed by atoms with E-state index in [2.05, 4.69) is 37.3 Å². The molecule has 28 heavy (non-hydrogen) atoms. The lowest BCUT2D eigenvalue weighted by molar-refractivity contribution is -0.159. The molecule has 0 saturated carbocycles. The molecule has 1 aromatic carbocycles. The van der Waals surface area contributed by atoms with Gasteiger partial charge in [-0.25, -0.2) is 4.90 Å². The monoisotopic (exact) mass is 395 g/mol. The van der Waals surface area contributed by atoms with Crippen molar-refractivity contribution in [2.45, 2.75) is 117 Å². The van der Waals surface area contributed by atoms with Crippen LogP contribution in [0.3, 0.4) is 0 Å². The fraction of sp³-hybridized carbons (Fsp3) is 0.750. The highest BCUT2D eigenvalue weighted by Crippen LogP contribution is 2.12. The number of aliphatic hydroxyl groups is 3. The Labute approximate surface area is 173 Å². The topological polar surface area (TPSA) is 63.9 Å². The molecule has 4 nitrogen and oxygen atoms in total. The van der Waals surface area contributed by atoms with Crippen LogP contribution >= 0.6 is 0 Å². The Kier molecular flexibility index (Phi) is 17.5. The van der Waals surface area contributed by atoms with Crippen LogP contribution in [0.4, 0.5) is 0 Å². The van der Waals surface area contributed by atoms with E-state index in [-0.39, 0.29) is 0 Å². The van der Waals surface area contributed by atoms with Crippen molar-refractivity contribution < 1.29 is 15.3 Å². The third-order valence-corrected chi connectivity index (χ3v) is 4.96. The van der Waals surface area contributed by atoms with Crippen LogP contribution < -0.4 is 0 Å². The first-order valence-electron chi connectivity index (χ1n) is 11.3. The number of aliphatic hydroxyl groups excluding tert-OH is 3. The summed E-state index contributed by atoms with van der Waals surface area (Å²) in [5.74, 6) is 0. The van der Waals surface area contributed by atoms with Gasteiger partial charge in [-0.15, -0.1) is 0 Å². The maximum Gasteiger partial charge on any atom is 0.108 e. The van der Waals surface area contributed by atoms with E-state index in [4.69, 9.17) is 15.3 Å². The van der Waals surface area contributed by atoms with E-state index in [0.29, 0.717) is 0 Å². The van der Waals surface area contributed by atoms with Crippen LogP contribution in [0, 0.1) is 0 Å². The van der Waals surface area contributed by atoms with Gasteiger partial charge in [0.1, 0.15) is 18.7 Å². The molecule has 0 aliphatic rings. The fourth-order valence-corrected chi connectivity index (χ4v) is 3.40. The van der Waals surface area contributed by atoms with Crippen LogP contribution in [0.1, 0.15) is 97.5 Å². The van der Waals surface area contributed by atoms with E-state index in [1.54, 1.807) is 0 Å².